The van der Waals surface area contributed by atoms with E-state index in [4.69, 9.17) is 10.5 Å². The van der Waals surface area contributed by atoms with Crippen molar-refractivity contribution in [1.82, 2.24) is 5.32 Å². The fourth-order valence-electron chi connectivity index (χ4n) is 1.59. The van der Waals surface area contributed by atoms with Crippen LogP contribution in [0.2, 0.25) is 0 Å². The third-order valence-corrected chi connectivity index (χ3v) is 2.61. The molecule has 100 valence electrons. The number of carbonyl (C=O) groups excluding carboxylic acids is 1. The van der Waals surface area contributed by atoms with E-state index in [1.165, 1.54) is 0 Å². The van der Waals surface area contributed by atoms with Crippen molar-refractivity contribution in [2.45, 2.75) is 32.6 Å². The lowest BCUT2D eigenvalue weighted by Gasteiger charge is -2.09. The first-order valence-electron chi connectivity index (χ1n) is 6.48. The maximum absolute atomic E-state index is 11.4. The van der Waals surface area contributed by atoms with Crippen molar-refractivity contribution >= 4 is 11.6 Å². The minimum atomic E-state index is 0.0908. The van der Waals surface area contributed by atoms with Gasteiger partial charge in [0, 0.05) is 6.42 Å². The molecule has 0 saturated carbocycles. The first-order valence-corrected chi connectivity index (χ1v) is 6.48. The van der Waals surface area contributed by atoms with E-state index in [1.54, 1.807) is 6.07 Å². The summed E-state index contributed by atoms with van der Waals surface area (Å²) in [6.45, 7) is 3.07. The van der Waals surface area contributed by atoms with Crippen LogP contribution in [0.25, 0.3) is 0 Å². The van der Waals surface area contributed by atoms with Crippen molar-refractivity contribution < 1.29 is 9.53 Å². The molecule has 4 nitrogen and oxygen atoms in total. The highest BCUT2D eigenvalue weighted by atomic mass is 16.5. The maximum Gasteiger partial charge on any atom is 0.220 e. The Bertz CT molecular complexity index is 367. The lowest BCUT2D eigenvalue weighted by Crippen LogP contribution is -2.27. The molecule has 0 aromatic heterocycles. The number of anilines is 1. The van der Waals surface area contributed by atoms with Gasteiger partial charge in [0.15, 0.2) is 0 Å². The van der Waals surface area contributed by atoms with Crippen molar-refractivity contribution in [3.8, 4) is 5.75 Å². The van der Waals surface area contributed by atoms with Gasteiger partial charge in [0.25, 0.3) is 0 Å². The molecule has 0 saturated heterocycles. The fourth-order valence-corrected chi connectivity index (χ4v) is 1.59. The minimum absolute atomic E-state index is 0.0908. The number of nitrogens with one attached hydrogen (secondary N) is 1. The molecule has 0 aliphatic carbocycles. The van der Waals surface area contributed by atoms with Gasteiger partial charge < -0.3 is 15.8 Å². The number of benzene rings is 1. The normalized spacial score (nSPS) is 10.1. The molecule has 0 atom stereocenters. The van der Waals surface area contributed by atoms with Gasteiger partial charge in [-0.2, -0.15) is 0 Å². The molecule has 3 N–H and O–H groups in total. The van der Waals surface area contributed by atoms with Gasteiger partial charge in [0.1, 0.15) is 12.4 Å². The average Bonchev–Trinajstić information content (AvgIpc) is 2.37. The van der Waals surface area contributed by atoms with Crippen LogP contribution in [-0.2, 0) is 4.79 Å². The zero-order chi connectivity index (χ0) is 13.2. The zero-order valence-electron chi connectivity index (χ0n) is 10.9. The summed E-state index contributed by atoms with van der Waals surface area (Å²) >= 11 is 0. The number of carbonyl (C=O) groups is 1. The van der Waals surface area contributed by atoms with Crippen molar-refractivity contribution in [3.05, 3.63) is 24.3 Å². The molecule has 1 aromatic rings. The van der Waals surface area contributed by atoms with Crippen LogP contribution in [0.4, 0.5) is 5.69 Å². The zero-order valence-corrected chi connectivity index (χ0v) is 10.9. The number of unbranched alkanes of at least 4 members (excludes halogenated alkanes) is 2. The number of nitrogens with two attached hydrogens (primary N) is 1. The summed E-state index contributed by atoms with van der Waals surface area (Å²) in [5, 5.41) is 2.83. The maximum atomic E-state index is 11.4. The summed E-state index contributed by atoms with van der Waals surface area (Å²) in [7, 11) is 0. The molecular formula is C14H22N2O2. The summed E-state index contributed by atoms with van der Waals surface area (Å²) in [5.41, 5.74) is 6.35. The van der Waals surface area contributed by atoms with Crippen LogP contribution in [0.15, 0.2) is 24.3 Å². The molecule has 0 aliphatic rings. The SMILES string of the molecule is CCCCCC(=O)NCCOc1ccccc1N. The molecule has 0 radical (unpaired) electrons. The second kappa shape index (κ2) is 8.39. The highest BCUT2D eigenvalue weighted by molar-refractivity contribution is 5.75. The third kappa shape index (κ3) is 5.57. The van der Waals surface area contributed by atoms with E-state index in [1.807, 2.05) is 18.2 Å². The van der Waals surface area contributed by atoms with E-state index in [0.717, 1.165) is 19.3 Å². The number of para-hydroxylation sites is 2. The first-order chi connectivity index (χ1) is 8.74. The topological polar surface area (TPSA) is 64.3 Å². The van der Waals surface area contributed by atoms with Crippen LogP contribution in [0.1, 0.15) is 32.6 Å². The molecule has 0 spiro atoms. The predicted molar refractivity (Wildman–Crippen MR) is 73.5 cm³/mol. The van der Waals surface area contributed by atoms with Crippen molar-refractivity contribution in [2.75, 3.05) is 18.9 Å². The fraction of sp³-hybridized carbons (Fsp3) is 0.500. The minimum Gasteiger partial charge on any atom is -0.490 e. The Morgan fingerprint density at radius 3 is 2.83 bits per heavy atom. The molecule has 1 aromatic carbocycles. The van der Waals surface area contributed by atoms with Crippen molar-refractivity contribution in [3.63, 3.8) is 0 Å². The Morgan fingerprint density at radius 2 is 2.11 bits per heavy atom. The standard InChI is InChI=1S/C14H22N2O2/c1-2-3-4-9-14(17)16-10-11-18-13-8-6-5-7-12(13)15/h5-8H,2-4,9-11,15H2,1H3,(H,16,17). The van der Waals surface area contributed by atoms with E-state index in [9.17, 15) is 4.79 Å². The molecule has 1 rings (SSSR count). The molecule has 0 bridgehead atoms. The summed E-state index contributed by atoms with van der Waals surface area (Å²) in [6.07, 6.45) is 3.78. The number of nitrogen functional groups attached to an aromatic ring is 1. The van der Waals surface area contributed by atoms with E-state index in [0.29, 0.717) is 31.0 Å². The van der Waals surface area contributed by atoms with Crippen LogP contribution in [-0.4, -0.2) is 19.1 Å². The molecule has 0 unspecified atom stereocenters. The van der Waals surface area contributed by atoms with Gasteiger partial charge in [-0.1, -0.05) is 31.9 Å². The summed E-state index contributed by atoms with van der Waals surface area (Å²) < 4.78 is 5.47. The number of ether oxygens (including phenoxy) is 1. The first kappa shape index (κ1) is 14.4. The van der Waals surface area contributed by atoms with Crippen molar-refractivity contribution in [1.29, 1.82) is 0 Å². The highest BCUT2D eigenvalue weighted by Gasteiger charge is 2.01. The van der Waals surface area contributed by atoms with Gasteiger partial charge in [-0.3, -0.25) is 4.79 Å². The van der Waals surface area contributed by atoms with Gasteiger partial charge in [-0.25, -0.2) is 0 Å². The Kier molecular flexibility index (Phi) is 6.69. The molecule has 0 heterocycles. The molecule has 0 fully saturated rings. The van der Waals surface area contributed by atoms with Crippen LogP contribution < -0.4 is 15.8 Å². The third-order valence-electron chi connectivity index (χ3n) is 2.61. The number of hydrogen-bond acceptors (Lipinski definition) is 3. The quantitative estimate of drug-likeness (QED) is 0.550. The summed E-state index contributed by atoms with van der Waals surface area (Å²) in [6, 6.07) is 7.34. The lowest BCUT2D eigenvalue weighted by molar-refractivity contribution is -0.121. The van der Waals surface area contributed by atoms with E-state index in [2.05, 4.69) is 12.2 Å². The molecule has 0 aliphatic heterocycles. The largest absolute Gasteiger partial charge is 0.490 e. The van der Waals surface area contributed by atoms with Gasteiger partial charge in [-0.05, 0) is 18.6 Å². The van der Waals surface area contributed by atoms with Gasteiger partial charge in [0.05, 0.1) is 12.2 Å². The number of rotatable bonds is 8. The molecule has 1 amide bonds. The van der Waals surface area contributed by atoms with Crippen LogP contribution in [0.5, 0.6) is 5.75 Å². The average molecular weight is 250 g/mol. The van der Waals surface area contributed by atoms with Crippen LogP contribution >= 0.6 is 0 Å². The highest BCUT2D eigenvalue weighted by Crippen LogP contribution is 2.19. The monoisotopic (exact) mass is 250 g/mol. The second-order valence-electron chi connectivity index (χ2n) is 4.19. The Balaban J connectivity index is 2.12. The lowest BCUT2D eigenvalue weighted by atomic mass is 10.2. The predicted octanol–water partition coefficient (Wildman–Crippen LogP) is 2.34. The summed E-state index contributed by atoms with van der Waals surface area (Å²) in [5.74, 6) is 0.755. The smallest absolute Gasteiger partial charge is 0.220 e. The van der Waals surface area contributed by atoms with Gasteiger partial charge >= 0.3 is 0 Å². The van der Waals surface area contributed by atoms with Gasteiger partial charge in [0.2, 0.25) is 5.91 Å². The second-order valence-corrected chi connectivity index (χ2v) is 4.19. The molecule has 18 heavy (non-hydrogen) atoms. The van der Waals surface area contributed by atoms with Crippen molar-refractivity contribution in [2.24, 2.45) is 0 Å². The molecular weight excluding hydrogens is 228 g/mol. The van der Waals surface area contributed by atoms with Crippen LogP contribution in [0.3, 0.4) is 0 Å². The van der Waals surface area contributed by atoms with E-state index < -0.39 is 0 Å². The van der Waals surface area contributed by atoms with E-state index in [-0.39, 0.29) is 5.91 Å². The Labute approximate surface area is 109 Å². The summed E-state index contributed by atoms with van der Waals surface area (Å²) in [4.78, 5) is 11.4. The van der Waals surface area contributed by atoms with Gasteiger partial charge in [-0.15, -0.1) is 0 Å². The van der Waals surface area contributed by atoms with E-state index >= 15 is 0 Å². The number of amides is 1. The number of hydrogen-bond donors (Lipinski definition) is 2. The Hall–Kier alpha value is -1.71. The van der Waals surface area contributed by atoms with Crippen LogP contribution in [0, 0.1) is 0 Å². The molecule has 4 heteroatoms. The Morgan fingerprint density at radius 1 is 1.33 bits per heavy atom.